The molecule has 0 heterocycles. The lowest BCUT2D eigenvalue weighted by Gasteiger charge is -2.23. The Morgan fingerprint density at radius 2 is 2.20 bits per heavy atom. The average molecular weight is 275 g/mol. The number of rotatable bonds is 4. The molecule has 0 spiro atoms. The van der Waals surface area contributed by atoms with Crippen LogP contribution in [0.2, 0.25) is 0 Å². The van der Waals surface area contributed by atoms with Crippen molar-refractivity contribution in [3.8, 4) is 0 Å². The van der Waals surface area contributed by atoms with Crippen LogP contribution in [0.4, 0.5) is 11.4 Å². The van der Waals surface area contributed by atoms with Crippen LogP contribution < -0.4 is 10.6 Å². The normalized spacial score (nSPS) is 12.5. The Kier molecular flexibility index (Phi) is 4.38. The van der Waals surface area contributed by atoms with Gasteiger partial charge in [0.1, 0.15) is 0 Å². The van der Waals surface area contributed by atoms with Gasteiger partial charge in [0, 0.05) is 18.1 Å². The summed E-state index contributed by atoms with van der Waals surface area (Å²) in [5.74, 6) is 0. The molecule has 0 bridgehead atoms. The quantitative estimate of drug-likeness (QED) is 0.712. The van der Waals surface area contributed by atoms with Crippen LogP contribution in [-0.2, 0) is 0 Å². The third-order valence-corrected chi connectivity index (χ3v) is 2.59. The number of nitrogens with two attached hydrogens (primary N) is 1. The van der Waals surface area contributed by atoms with E-state index in [1.165, 1.54) is 0 Å². The molecule has 5 heteroatoms. The lowest BCUT2D eigenvalue weighted by Crippen LogP contribution is -2.31. The predicted molar refractivity (Wildman–Crippen MR) is 64.9 cm³/mol. The fourth-order valence-electron chi connectivity index (χ4n) is 1.35. The first-order valence-corrected chi connectivity index (χ1v) is 5.39. The molecule has 0 amide bonds. The lowest BCUT2D eigenvalue weighted by molar-refractivity contribution is 0.101. The number of nitrogens with zero attached hydrogens (tertiary/aromatic N) is 1. The molecule has 0 aliphatic rings. The Balaban J connectivity index is 2.77. The summed E-state index contributed by atoms with van der Waals surface area (Å²) in [7, 11) is 1.82. The number of aliphatic hydroxyl groups is 2. The third-order valence-electron chi connectivity index (χ3n) is 2.10. The molecular formula is C10H15BrN2O2. The highest BCUT2D eigenvalue weighted by Crippen LogP contribution is 2.25. The second-order valence-corrected chi connectivity index (χ2v) is 4.34. The summed E-state index contributed by atoms with van der Waals surface area (Å²) >= 11 is 3.32. The Morgan fingerprint density at radius 3 is 2.73 bits per heavy atom. The highest BCUT2D eigenvalue weighted by molar-refractivity contribution is 9.10. The van der Waals surface area contributed by atoms with Crippen molar-refractivity contribution in [1.29, 1.82) is 0 Å². The zero-order chi connectivity index (χ0) is 11.4. The molecule has 1 atom stereocenters. The molecule has 1 aromatic rings. The topological polar surface area (TPSA) is 69.7 Å². The molecule has 0 saturated carbocycles. The molecule has 1 rings (SSSR count). The van der Waals surface area contributed by atoms with E-state index in [1.807, 2.05) is 24.1 Å². The van der Waals surface area contributed by atoms with Gasteiger partial charge in [-0.3, -0.25) is 0 Å². The van der Waals surface area contributed by atoms with E-state index in [0.29, 0.717) is 12.2 Å². The van der Waals surface area contributed by atoms with Crippen LogP contribution in [0.1, 0.15) is 0 Å². The summed E-state index contributed by atoms with van der Waals surface area (Å²) in [6, 6.07) is 5.55. The SMILES string of the molecule is CN(CC(O)CO)c1ccc(Br)cc1N. The molecule has 0 saturated heterocycles. The van der Waals surface area contributed by atoms with Crippen LogP contribution in [0.15, 0.2) is 22.7 Å². The zero-order valence-electron chi connectivity index (χ0n) is 8.52. The van der Waals surface area contributed by atoms with Gasteiger partial charge in [-0.1, -0.05) is 15.9 Å². The second kappa shape index (κ2) is 5.34. The number of halogens is 1. The first-order valence-electron chi connectivity index (χ1n) is 4.59. The summed E-state index contributed by atoms with van der Waals surface area (Å²) < 4.78 is 0.917. The number of benzene rings is 1. The standard InChI is InChI=1S/C10H15BrN2O2/c1-13(5-8(15)6-14)10-3-2-7(11)4-9(10)12/h2-4,8,14-15H,5-6,12H2,1H3. The number of anilines is 2. The molecule has 0 aliphatic heterocycles. The summed E-state index contributed by atoms with van der Waals surface area (Å²) in [5, 5.41) is 18.0. The van der Waals surface area contributed by atoms with Gasteiger partial charge >= 0.3 is 0 Å². The fraction of sp³-hybridized carbons (Fsp3) is 0.400. The van der Waals surface area contributed by atoms with Gasteiger partial charge in [0.2, 0.25) is 0 Å². The van der Waals surface area contributed by atoms with Crippen molar-refractivity contribution < 1.29 is 10.2 Å². The molecule has 0 radical (unpaired) electrons. The summed E-state index contributed by atoms with van der Waals surface area (Å²) in [5.41, 5.74) is 7.30. The molecule has 1 unspecified atom stereocenters. The van der Waals surface area contributed by atoms with E-state index in [0.717, 1.165) is 10.2 Å². The van der Waals surface area contributed by atoms with E-state index in [2.05, 4.69) is 15.9 Å². The summed E-state index contributed by atoms with van der Waals surface area (Å²) in [6.45, 7) is 0.100. The van der Waals surface area contributed by atoms with Crippen LogP contribution in [0.25, 0.3) is 0 Å². The third kappa shape index (κ3) is 3.37. The zero-order valence-corrected chi connectivity index (χ0v) is 10.1. The first kappa shape index (κ1) is 12.3. The second-order valence-electron chi connectivity index (χ2n) is 3.42. The summed E-state index contributed by atoms with van der Waals surface area (Å²) in [6.07, 6.45) is -0.752. The molecule has 84 valence electrons. The fourth-order valence-corrected chi connectivity index (χ4v) is 1.72. The Labute approximate surface area is 97.4 Å². The van der Waals surface area contributed by atoms with Crippen LogP contribution in [-0.4, -0.2) is 36.5 Å². The van der Waals surface area contributed by atoms with Crippen molar-refractivity contribution in [3.63, 3.8) is 0 Å². The largest absolute Gasteiger partial charge is 0.397 e. The van der Waals surface area contributed by atoms with Gasteiger partial charge < -0.3 is 20.8 Å². The maximum absolute atomic E-state index is 9.29. The van der Waals surface area contributed by atoms with E-state index >= 15 is 0 Å². The molecule has 0 aromatic heterocycles. The molecule has 4 nitrogen and oxygen atoms in total. The number of nitrogen functional groups attached to an aromatic ring is 1. The van der Waals surface area contributed by atoms with Gasteiger partial charge in [0.05, 0.1) is 24.1 Å². The van der Waals surface area contributed by atoms with E-state index in [1.54, 1.807) is 6.07 Å². The minimum Gasteiger partial charge on any atom is -0.397 e. The van der Waals surface area contributed by atoms with Gasteiger partial charge in [-0.2, -0.15) is 0 Å². The predicted octanol–water partition coefficient (Wildman–Crippen LogP) is 0.821. The van der Waals surface area contributed by atoms with E-state index in [9.17, 15) is 5.11 Å². The van der Waals surface area contributed by atoms with Gasteiger partial charge in [0.25, 0.3) is 0 Å². The van der Waals surface area contributed by atoms with Gasteiger partial charge in [-0.05, 0) is 18.2 Å². The molecule has 0 aliphatic carbocycles. The molecule has 1 aromatic carbocycles. The van der Waals surface area contributed by atoms with Crippen LogP contribution in [0.5, 0.6) is 0 Å². The van der Waals surface area contributed by atoms with Crippen molar-refractivity contribution in [2.75, 3.05) is 30.8 Å². The Hall–Kier alpha value is -0.780. The van der Waals surface area contributed by atoms with Crippen molar-refractivity contribution in [2.45, 2.75) is 6.10 Å². The lowest BCUT2D eigenvalue weighted by atomic mass is 10.2. The van der Waals surface area contributed by atoms with Crippen molar-refractivity contribution in [2.24, 2.45) is 0 Å². The molecule has 4 N–H and O–H groups in total. The maximum Gasteiger partial charge on any atom is 0.0945 e. The van der Waals surface area contributed by atoms with Crippen molar-refractivity contribution >= 4 is 27.3 Å². The smallest absolute Gasteiger partial charge is 0.0945 e. The van der Waals surface area contributed by atoms with E-state index < -0.39 is 6.10 Å². The van der Waals surface area contributed by atoms with Crippen molar-refractivity contribution in [3.05, 3.63) is 22.7 Å². The van der Waals surface area contributed by atoms with Gasteiger partial charge in [-0.15, -0.1) is 0 Å². The number of likely N-dealkylation sites (N-methyl/N-ethyl adjacent to an activating group) is 1. The van der Waals surface area contributed by atoms with E-state index in [4.69, 9.17) is 10.8 Å². The average Bonchev–Trinajstić information content (AvgIpc) is 2.17. The van der Waals surface area contributed by atoms with Crippen LogP contribution in [0, 0.1) is 0 Å². The minimum atomic E-state index is -0.752. The van der Waals surface area contributed by atoms with Gasteiger partial charge in [0.15, 0.2) is 0 Å². The molecule has 0 fully saturated rings. The van der Waals surface area contributed by atoms with E-state index in [-0.39, 0.29) is 6.61 Å². The van der Waals surface area contributed by atoms with Crippen LogP contribution in [0.3, 0.4) is 0 Å². The minimum absolute atomic E-state index is 0.249. The Bertz CT molecular complexity index is 333. The maximum atomic E-state index is 9.29. The number of hydrogen-bond acceptors (Lipinski definition) is 4. The van der Waals surface area contributed by atoms with Gasteiger partial charge in [-0.25, -0.2) is 0 Å². The van der Waals surface area contributed by atoms with Crippen LogP contribution >= 0.6 is 15.9 Å². The highest BCUT2D eigenvalue weighted by Gasteiger charge is 2.10. The first-order chi connectivity index (χ1) is 7.04. The number of hydrogen-bond donors (Lipinski definition) is 3. The monoisotopic (exact) mass is 274 g/mol. The van der Waals surface area contributed by atoms with Crippen molar-refractivity contribution in [1.82, 2.24) is 0 Å². The summed E-state index contributed by atoms with van der Waals surface area (Å²) in [4.78, 5) is 1.81. The Morgan fingerprint density at radius 1 is 1.53 bits per heavy atom. The highest BCUT2D eigenvalue weighted by atomic mass is 79.9. The molecular weight excluding hydrogens is 260 g/mol. The molecule has 15 heavy (non-hydrogen) atoms. The number of aliphatic hydroxyl groups excluding tert-OH is 2.